The van der Waals surface area contributed by atoms with Gasteiger partial charge in [0.15, 0.2) is 5.96 Å². The monoisotopic (exact) mass is 290 g/mol. The van der Waals surface area contributed by atoms with Gasteiger partial charge in [0.1, 0.15) is 0 Å². The molecule has 2 heterocycles. The van der Waals surface area contributed by atoms with E-state index in [0.717, 1.165) is 30.4 Å². The average Bonchev–Trinajstić information content (AvgIpc) is 2.87. The topological polar surface area (TPSA) is 79.4 Å². The highest BCUT2D eigenvalue weighted by molar-refractivity contribution is 5.78. The number of nitrogens with zero attached hydrogens (tertiary/aromatic N) is 4. The second kappa shape index (κ2) is 6.28. The molecule has 1 saturated heterocycles. The van der Waals surface area contributed by atoms with E-state index in [1.807, 2.05) is 13.0 Å². The van der Waals surface area contributed by atoms with Crippen molar-refractivity contribution in [2.24, 2.45) is 10.7 Å². The van der Waals surface area contributed by atoms with Crippen molar-refractivity contribution >= 4 is 11.9 Å². The van der Waals surface area contributed by atoms with Crippen LogP contribution in [0.15, 0.2) is 11.1 Å². The van der Waals surface area contributed by atoms with Crippen LogP contribution in [-0.4, -0.2) is 34.6 Å². The maximum absolute atomic E-state index is 5.89. The number of rotatable bonds is 3. The molecule has 0 amide bonds. The quantitative estimate of drug-likeness (QED) is 0.653. The van der Waals surface area contributed by atoms with Crippen molar-refractivity contribution in [3.05, 3.63) is 17.5 Å². The van der Waals surface area contributed by atoms with Crippen LogP contribution in [0.5, 0.6) is 0 Å². The summed E-state index contributed by atoms with van der Waals surface area (Å²) in [7, 11) is 0. The highest BCUT2D eigenvalue weighted by Gasteiger charge is 2.16. The number of aromatic nitrogens is 2. The summed E-state index contributed by atoms with van der Waals surface area (Å²) >= 11 is 0. The third-order valence-corrected chi connectivity index (χ3v) is 3.20. The maximum atomic E-state index is 5.89. The third-order valence-electron chi connectivity index (χ3n) is 3.20. The number of hydrogen-bond donors (Lipinski definition) is 2. The van der Waals surface area contributed by atoms with Crippen LogP contribution < -0.4 is 16.0 Å². The van der Waals surface area contributed by atoms with Crippen LogP contribution >= 0.6 is 0 Å². The van der Waals surface area contributed by atoms with Gasteiger partial charge in [-0.1, -0.05) is 0 Å². The Morgan fingerprint density at radius 2 is 2.00 bits per heavy atom. The minimum atomic E-state index is -0.0874. The van der Waals surface area contributed by atoms with Gasteiger partial charge in [-0.15, -0.1) is 0 Å². The van der Waals surface area contributed by atoms with E-state index in [2.05, 4.69) is 45.9 Å². The lowest BCUT2D eigenvalue weighted by Crippen LogP contribution is -2.45. The SMILES string of the molecule is Cc1cc(CN=C(N)NC(C)(C)C)nc(N2CCCC2)n1. The summed E-state index contributed by atoms with van der Waals surface area (Å²) in [5, 5.41) is 3.15. The van der Waals surface area contributed by atoms with E-state index in [-0.39, 0.29) is 5.54 Å². The van der Waals surface area contributed by atoms with Gasteiger partial charge in [0.2, 0.25) is 5.95 Å². The van der Waals surface area contributed by atoms with Crippen molar-refractivity contribution in [2.75, 3.05) is 18.0 Å². The number of guanidine groups is 1. The minimum Gasteiger partial charge on any atom is -0.370 e. The molecule has 21 heavy (non-hydrogen) atoms. The molecule has 6 nitrogen and oxygen atoms in total. The van der Waals surface area contributed by atoms with Crippen LogP contribution in [0.1, 0.15) is 45.0 Å². The van der Waals surface area contributed by atoms with Crippen LogP contribution in [0.4, 0.5) is 5.95 Å². The molecule has 1 aromatic rings. The lowest BCUT2D eigenvalue weighted by Gasteiger charge is -2.21. The van der Waals surface area contributed by atoms with E-state index >= 15 is 0 Å². The van der Waals surface area contributed by atoms with Crippen molar-refractivity contribution in [3.63, 3.8) is 0 Å². The number of nitrogens with two attached hydrogens (primary N) is 1. The van der Waals surface area contributed by atoms with Crippen molar-refractivity contribution in [2.45, 2.75) is 52.6 Å². The van der Waals surface area contributed by atoms with Gasteiger partial charge in [-0.25, -0.2) is 15.0 Å². The number of aryl methyl sites for hydroxylation is 1. The molecule has 0 saturated carbocycles. The molecule has 6 heteroatoms. The zero-order valence-corrected chi connectivity index (χ0v) is 13.5. The molecular formula is C15H26N6. The van der Waals surface area contributed by atoms with E-state index in [9.17, 15) is 0 Å². The van der Waals surface area contributed by atoms with Crippen molar-refractivity contribution in [3.8, 4) is 0 Å². The molecule has 0 unspecified atom stereocenters. The molecule has 0 radical (unpaired) electrons. The van der Waals surface area contributed by atoms with Crippen molar-refractivity contribution in [1.82, 2.24) is 15.3 Å². The van der Waals surface area contributed by atoms with E-state index < -0.39 is 0 Å². The largest absolute Gasteiger partial charge is 0.370 e. The molecule has 116 valence electrons. The predicted molar refractivity (Wildman–Crippen MR) is 86.4 cm³/mol. The average molecular weight is 290 g/mol. The van der Waals surface area contributed by atoms with E-state index in [4.69, 9.17) is 5.73 Å². The number of hydrogen-bond acceptors (Lipinski definition) is 4. The Kier molecular flexibility index (Phi) is 4.65. The molecule has 2 rings (SSSR count). The molecule has 1 aromatic heterocycles. The highest BCUT2D eigenvalue weighted by Crippen LogP contribution is 2.16. The Bertz CT molecular complexity index is 511. The predicted octanol–water partition coefficient (Wildman–Crippen LogP) is 1.59. The Labute approximate surface area is 126 Å². The summed E-state index contributed by atoms with van der Waals surface area (Å²) in [6.07, 6.45) is 2.43. The minimum absolute atomic E-state index is 0.0874. The summed E-state index contributed by atoms with van der Waals surface area (Å²) in [6.45, 7) is 10.7. The van der Waals surface area contributed by atoms with E-state index in [0.29, 0.717) is 12.5 Å². The number of nitrogens with one attached hydrogen (secondary N) is 1. The first-order chi connectivity index (χ1) is 9.83. The maximum Gasteiger partial charge on any atom is 0.225 e. The molecule has 1 fully saturated rings. The molecule has 1 aliphatic rings. The fraction of sp³-hybridized carbons (Fsp3) is 0.667. The van der Waals surface area contributed by atoms with Gasteiger partial charge in [-0.05, 0) is 46.6 Å². The van der Waals surface area contributed by atoms with Gasteiger partial charge >= 0.3 is 0 Å². The molecule has 0 bridgehead atoms. The third kappa shape index (κ3) is 4.88. The summed E-state index contributed by atoms with van der Waals surface area (Å²) in [5.74, 6) is 1.27. The van der Waals surface area contributed by atoms with Gasteiger partial charge in [0.25, 0.3) is 0 Å². The van der Waals surface area contributed by atoms with Crippen molar-refractivity contribution in [1.29, 1.82) is 0 Å². The van der Waals surface area contributed by atoms with E-state index in [1.165, 1.54) is 12.8 Å². The van der Waals surface area contributed by atoms with Gasteiger partial charge in [-0.2, -0.15) is 0 Å². The van der Waals surface area contributed by atoms with Crippen LogP contribution in [0.2, 0.25) is 0 Å². The Hall–Kier alpha value is -1.85. The van der Waals surface area contributed by atoms with Gasteiger partial charge in [0, 0.05) is 24.3 Å². The first-order valence-electron chi connectivity index (χ1n) is 7.51. The summed E-state index contributed by atoms with van der Waals surface area (Å²) < 4.78 is 0. The zero-order chi connectivity index (χ0) is 15.5. The Balaban J connectivity index is 2.07. The Morgan fingerprint density at radius 3 is 2.62 bits per heavy atom. The normalized spacial score (nSPS) is 16.4. The van der Waals surface area contributed by atoms with Crippen LogP contribution in [0.25, 0.3) is 0 Å². The first kappa shape index (κ1) is 15.5. The zero-order valence-electron chi connectivity index (χ0n) is 13.5. The van der Waals surface area contributed by atoms with Gasteiger partial charge in [0.05, 0.1) is 12.2 Å². The van der Waals surface area contributed by atoms with Gasteiger partial charge in [-0.3, -0.25) is 0 Å². The fourth-order valence-corrected chi connectivity index (χ4v) is 2.35. The number of aliphatic imine (C=N–C) groups is 1. The summed E-state index contributed by atoms with van der Waals surface area (Å²) in [5.41, 5.74) is 7.68. The molecule has 0 aromatic carbocycles. The Morgan fingerprint density at radius 1 is 1.33 bits per heavy atom. The smallest absolute Gasteiger partial charge is 0.225 e. The van der Waals surface area contributed by atoms with Crippen LogP contribution in [0.3, 0.4) is 0 Å². The van der Waals surface area contributed by atoms with Crippen LogP contribution in [-0.2, 0) is 6.54 Å². The second-order valence-corrected chi connectivity index (χ2v) is 6.57. The second-order valence-electron chi connectivity index (χ2n) is 6.57. The molecule has 0 atom stereocenters. The summed E-state index contributed by atoms with van der Waals surface area (Å²) in [6, 6.07) is 1.97. The highest BCUT2D eigenvalue weighted by atomic mass is 15.3. The molecule has 0 aliphatic carbocycles. The van der Waals surface area contributed by atoms with E-state index in [1.54, 1.807) is 0 Å². The molecule has 3 N–H and O–H groups in total. The fourth-order valence-electron chi connectivity index (χ4n) is 2.35. The lowest BCUT2D eigenvalue weighted by molar-refractivity contribution is 0.508. The standard InChI is InChI=1S/C15H26N6/c1-11-9-12(10-17-13(16)20-15(2,3)4)19-14(18-11)21-7-5-6-8-21/h9H,5-8,10H2,1-4H3,(H3,16,17,20). The molecule has 1 aliphatic heterocycles. The van der Waals surface area contributed by atoms with Gasteiger partial charge < -0.3 is 16.0 Å². The van der Waals surface area contributed by atoms with Crippen LogP contribution in [0, 0.1) is 6.92 Å². The lowest BCUT2D eigenvalue weighted by atomic mass is 10.1. The van der Waals surface area contributed by atoms with Crippen molar-refractivity contribution < 1.29 is 0 Å². The summed E-state index contributed by atoms with van der Waals surface area (Å²) in [4.78, 5) is 15.7. The number of anilines is 1. The molecule has 0 spiro atoms. The first-order valence-corrected chi connectivity index (χ1v) is 7.51. The molecular weight excluding hydrogens is 264 g/mol.